The number of hydrogen-bond donors (Lipinski definition) is 0. The number of fused-ring (bicyclic) bond motifs is 1. The molecule has 1 aromatic heterocycles. The highest BCUT2D eigenvalue weighted by atomic mass is 127. The molecule has 0 bridgehead atoms. The predicted octanol–water partition coefficient (Wildman–Crippen LogP) is 5.49. The van der Waals surface area contributed by atoms with Gasteiger partial charge in [-0.05, 0) is 107 Å². The Morgan fingerprint density at radius 3 is 2.44 bits per heavy atom. The highest BCUT2D eigenvalue weighted by Gasteiger charge is 2.36. The Balaban J connectivity index is 1.58. The standard InChI is InChI=1S/C35H31I2N3O7S/c1-5-45-31-24(7-6-8-27(31)44-4)30-29(34(42)46-14-13-43-3)20(2)39-35-40(30)33(41)28(48-35)17-23-15-25(36)32(26(37)16-23)47-19-22-11-9-21(18-38)10-12-22/h6-12,15-17,30H,5,13-14,19H2,1-4H3/b28-17+/t30-/m1/s1. The van der Waals surface area contributed by atoms with E-state index in [9.17, 15) is 9.59 Å². The Morgan fingerprint density at radius 2 is 1.79 bits per heavy atom. The second-order valence-electron chi connectivity index (χ2n) is 10.4. The van der Waals surface area contributed by atoms with Gasteiger partial charge >= 0.3 is 5.97 Å². The second-order valence-corrected chi connectivity index (χ2v) is 13.8. The van der Waals surface area contributed by atoms with Gasteiger partial charge in [0.05, 0.1) is 54.9 Å². The number of hydrogen-bond acceptors (Lipinski definition) is 10. The first-order valence-electron chi connectivity index (χ1n) is 14.8. The van der Waals surface area contributed by atoms with E-state index >= 15 is 0 Å². The number of methoxy groups -OCH3 is 2. The fraction of sp³-hybridized carbons (Fsp3) is 0.257. The maximum absolute atomic E-state index is 14.3. The first-order valence-corrected chi connectivity index (χ1v) is 17.8. The molecular weight excluding hydrogens is 860 g/mol. The molecule has 0 unspecified atom stereocenters. The van der Waals surface area contributed by atoms with Crippen LogP contribution in [-0.4, -0.2) is 44.6 Å². The maximum atomic E-state index is 14.3. The zero-order valence-electron chi connectivity index (χ0n) is 26.5. The lowest BCUT2D eigenvalue weighted by Gasteiger charge is -2.27. The van der Waals surface area contributed by atoms with Gasteiger partial charge in [0.25, 0.3) is 5.56 Å². The number of allylic oxidation sites excluding steroid dienone is 1. The van der Waals surface area contributed by atoms with Crippen LogP contribution in [0.25, 0.3) is 6.08 Å². The third-order valence-electron chi connectivity index (χ3n) is 7.36. The van der Waals surface area contributed by atoms with Crippen LogP contribution in [0.1, 0.15) is 42.1 Å². The number of aromatic nitrogens is 1. The zero-order valence-corrected chi connectivity index (χ0v) is 31.7. The summed E-state index contributed by atoms with van der Waals surface area (Å²) >= 11 is 5.69. The summed E-state index contributed by atoms with van der Waals surface area (Å²) in [6.07, 6.45) is 1.82. The Hall–Kier alpha value is -3.72. The average molecular weight is 892 g/mol. The number of carbonyl (C=O) groups excluding carboxylic acids is 1. The summed E-state index contributed by atoms with van der Waals surface area (Å²) < 4.78 is 32.1. The summed E-state index contributed by atoms with van der Waals surface area (Å²) in [5.41, 5.74) is 3.28. The molecule has 0 N–H and O–H groups in total. The van der Waals surface area contributed by atoms with Crippen molar-refractivity contribution < 1.29 is 28.5 Å². The second kappa shape index (κ2) is 16.1. The average Bonchev–Trinajstić information content (AvgIpc) is 3.37. The van der Waals surface area contributed by atoms with Crippen LogP contribution in [0, 0.1) is 18.5 Å². The maximum Gasteiger partial charge on any atom is 0.338 e. The van der Waals surface area contributed by atoms with Crippen LogP contribution in [0.2, 0.25) is 0 Å². The summed E-state index contributed by atoms with van der Waals surface area (Å²) in [5.74, 6) is 1.04. The minimum atomic E-state index is -0.881. The normalized spacial score (nSPS) is 14.2. The number of nitrogens with zero attached hydrogens (tertiary/aromatic N) is 3. The molecular formula is C35H31I2N3O7S. The van der Waals surface area contributed by atoms with Crippen LogP contribution >= 0.6 is 56.5 Å². The summed E-state index contributed by atoms with van der Waals surface area (Å²) in [4.78, 5) is 33.0. The minimum Gasteiger partial charge on any atom is -0.493 e. The van der Waals surface area contributed by atoms with Crippen LogP contribution in [0.15, 0.2) is 75.7 Å². The van der Waals surface area contributed by atoms with Gasteiger partial charge in [-0.3, -0.25) is 9.36 Å². The molecule has 48 heavy (non-hydrogen) atoms. The van der Waals surface area contributed by atoms with E-state index in [1.54, 1.807) is 38.3 Å². The molecule has 0 radical (unpaired) electrons. The number of halogens is 2. The largest absolute Gasteiger partial charge is 0.493 e. The van der Waals surface area contributed by atoms with Crippen LogP contribution in [-0.2, 0) is 20.9 Å². The first-order chi connectivity index (χ1) is 23.2. The predicted molar refractivity (Wildman–Crippen MR) is 198 cm³/mol. The van der Waals surface area contributed by atoms with Crippen molar-refractivity contribution in [2.45, 2.75) is 26.5 Å². The van der Waals surface area contributed by atoms with E-state index in [0.717, 1.165) is 24.0 Å². The Labute approximate surface area is 308 Å². The molecule has 1 atom stereocenters. The fourth-order valence-corrected chi connectivity index (χ4v) is 8.34. The van der Waals surface area contributed by atoms with Crippen molar-refractivity contribution in [3.05, 3.63) is 115 Å². The SMILES string of the molecule is CCOc1c(OC)cccc1[C@@H]1C(C(=O)OCCOC)=C(C)N=c2s/c(=C/c3cc(I)c(OCc4ccc(C#N)cc4)c(I)c3)c(=O)n21. The van der Waals surface area contributed by atoms with Crippen molar-refractivity contribution in [2.75, 3.05) is 34.0 Å². The van der Waals surface area contributed by atoms with Crippen molar-refractivity contribution in [3.63, 3.8) is 0 Å². The van der Waals surface area contributed by atoms with Gasteiger partial charge in [-0.2, -0.15) is 5.26 Å². The van der Waals surface area contributed by atoms with Crippen molar-refractivity contribution in [3.8, 4) is 23.3 Å². The summed E-state index contributed by atoms with van der Waals surface area (Å²) in [6.45, 7) is 4.55. The third kappa shape index (κ3) is 7.61. The number of nitriles is 1. The molecule has 2 heterocycles. The van der Waals surface area contributed by atoms with Crippen LogP contribution in [0.5, 0.6) is 17.2 Å². The molecule has 0 saturated heterocycles. The van der Waals surface area contributed by atoms with Crippen molar-refractivity contribution in [1.29, 1.82) is 5.26 Å². The zero-order chi connectivity index (χ0) is 34.4. The highest BCUT2D eigenvalue weighted by Crippen LogP contribution is 2.41. The fourth-order valence-electron chi connectivity index (χ4n) is 5.16. The minimum absolute atomic E-state index is 0.0458. The number of ether oxygens (including phenoxy) is 5. The summed E-state index contributed by atoms with van der Waals surface area (Å²) in [6, 6.07) is 17.8. The van der Waals surface area contributed by atoms with E-state index in [1.807, 2.05) is 43.3 Å². The van der Waals surface area contributed by atoms with E-state index in [1.165, 1.54) is 23.0 Å². The molecule has 5 rings (SSSR count). The molecule has 0 spiro atoms. The smallest absolute Gasteiger partial charge is 0.338 e. The van der Waals surface area contributed by atoms with Gasteiger partial charge in [0, 0.05) is 12.7 Å². The van der Waals surface area contributed by atoms with Gasteiger partial charge in [-0.1, -0.05) is 35.6 Å². The molecule has 0 amide bonds. The molecule has 0 aliphatic carbocycles. The van der Waals surface area contributed by atoms with Gasteiger partial charge in [0.15, 0.2) is 16.3 Å². The quantitative estimate of drug-likeness (QED) is 0.104. The Kier molecular flexibility index (Phi) is 11.9. The number of benzene rings is 3. The molecule has 3 aromatic carbocycles. The van der Waals surface area contributed by atoms with Crippen LogP contribution in [0.3, 0.4) is 0 Å². The summed E-state index contributed by atoms with van der Waals surface area (Å²) in [7, 11) is 3.07. The topological polar surface area (TPSA) is 121 Å². The monoisotopic (exact) mass is 891 g/mol. The number of rotatable bonds is 12. The first kappa shape index (κ1) is 35.6. The van der Waals surface area contributed by atoms with E-state index in [4.69, 9.17) is 33.9 Å². The molecule has 1 aliphatic heterocycles. The molecule has 0 fully saturated rings. The molecule has 10 nitrogen and oxygen atoms in total. The Bertz CT molecular complexity index is 2080. The number of para-hydroxylation sites is 1. The van der Waals surface area contributed by atoms with E-state index in [0.29, 0.717) is 50.9 Å². The highest BCUT2D eigenvalue weighted by molar-refractivity contribution is 14.1. The van der Waals surface area contributed by atoms with Gasteiger partial charge in [-0.25, -0.2) is 9.79 Å². The van der Waals surface area contributed by atoms with Gasteiger partial charge in [-0.15, -0.1) is 0 Å². The third-order valence-corrected chi connectivity index (χ3v) is 9.94. The molecule has 0 saturated carbocycles. The lowest BCUT2D eigenvalue weighted by molar-refractivity contribution is -0.140. The Morgan fingerprint density at radius 1 is 1.06 bits per heavy atom. The van der Waals surface area contributed by atoms with Crippen molar-refractivity contribution in [1.82, 2.24) is 4.57 Å². The van der Waals surface area contributed by atoms with Crippen LogP contribution < -0.4 is 29.1 Å². The summed E-state index contributed by atoms with van der Waals surface area (Å²) in [5, 5.41) is 9.06. The van der Waals surface area contributed by atoms with Crippen LogP contribution in [0.4, 0.5) is 0 Å². The molecule has 4 aromatic rings. The number of thiazole rings is 1. The van der Waals surface area contributed by atoms with Gasteiger partial charge < -0.3 is 23.7 Å². The van der Waals surface area contributed by atoms with Crippen molar-refractivity contribution in [2.24, 2.45) is 4.99 Å². The van der Waals surface area contributed by atoms with E-state index in [2.05, 4.69) is 51.3 Å². The number of carbonyl (C=O) groups is 1. The van der Waals surface area contributed by atoms with E-state index in [-0.39, 0.29) is 24.3 Å². The van der Waals surface area contributed by atoms with Crippen molar-refractivity contribution >= 4 is 68.6 Å². The molecule has 248 valence electrons. The lowest BCUT2D eigenvalue weighted by atomic mass is 9.94. The van der Waals surface area contributed by atoms with E-state index < -0.39 is 12.0 Å². The lowest BCUT2D eigenvalue weighted by Crippen LogP contribution is -2.40. The molecule has 1 aliphatic rings. The number of esters is 1. The van der Waals surface area contributed by atoms with Gasteiger partial charge in [0.2, 0.25) is 0 Å². The van der Waals surface area contributed by atoms with Gasteiger partial charge in [0.1, 0.15) is 25.0 Å². The molecule has 13 heteroatoms.